The van der Waals surface area contributed by atoms with Crippen LogP contribution in [0.5, 0.6) is 11.5 Å². The highest BCUT2D eigenvalue weighted by atomic mass is 19.3. The number of nitrogens with zero attached hydrogens (tertiary/aromatic N) is 2. The second kappa shape index (κ2) is 11.2. The molecule has 2 saturated heterocycles. The zero-order valence-electron chi connectivity index (χ0n) is 17.5. The fourth-order valence-corrected chi connectivity index (χ4v) is 3.99. The van der Waals surface area contributed by atoms with Crippen LogP contribution in [-0.2, 0) is 9.59 Å². The van der Waals surface area contributed by atoms with E-state index in [1.165, 1.54) is 24.3 Å². The summed E-state index contributed by atoms with van der Waals surface area (Å²) in [5, 5.41) is 0. The molecular formula is C22H26F4N2O4. The van der Waals surface area contributed by atoms with Crippen LogP contribution in [0.1, 0.15) is 37.7 Å². The summed E-state index contributed by atoms with van der Waals surface area (Å²) >= 11 is 0. The van der Waals surface area contributed by atoms with E-state index in [9.17, 15) is 27.2 Å². The highest BCUT2D eigenvalue weighted by Crippen LogP contribution is 2.29. The summed E-state index contributed by atoms with van der Waals surface area (Å²) in [4.78, 5) is 28.3. The quantitative estimate of drug-likeness (QED) is 0.434. The van der Waals surface area contributed by atoms with Gasteiger partial charge in [0, 0.05) is 50.3 Å². The van der Waals surface area contributed by atoms with E-state index in [0.717, 1.165) is 44.8 Å². The van der Waals surface area contributed by atoms with E-state index in [4.69, 9.17) is 0 Å². The molecule has 2 aliphatic rings. The fraction of sp³-hybridized carbons (Fsp3) is 0.545. The van der Waals surface area contributed by atoms with Gasteiger partial charge in [0.25, 0.3) is 0 Å². The van der Waals surface area contributed by atoms with Crippen molar-refractivity contribution in [1.82, 2.24) is 9.80 Å². The van der Waals surface area contributed by atoms with Crippen LogP contribution in [0.25, 0.3) is 6.08 Å². The number of rotatable bonds is 8. The van der Waals surface area contributed by atoms with Gasteiger partial charge in [-0.1, -0.05) is 0 Å². The van der Waals surface area contributed by atoms with E-state index in [-0.39, 0.29) is 34.8 Å². The second-order valence-electron chi connectivity index (χ2n) is 7.85. The number of benzene rings is 1. The van der Waals surface area contributed by atoms with Gasteiger partial charge in [-0.05, 0) is 49.8 Å². The molecule has 1 aromatic rings. The van der Waals surface area contributed by atoms with Crippen LogP contribution in [0.3, 0.4) is 0 Å². The molecule has 0 bridgehead atoms. The molecule has 0 aliphatic carbocycles. The molecule has 2 aliphatic heterocycles. The fourth-order valence-electron chi connectivity index (χ4n) is 3.99. The molecule has 2 heterocycles. The first-order chi connectivity index (χ1) is 15.3. The third-order valence-electron chi connectivity index (χ3n) is 5.68. The predicted octanol–water partition coefficient (Wildman–Crippen LogP) is 4.15. The minimum Gasteiger partial charge on any atom is -0.435 e. The zero-order chi connectivity index (χ0) is 23.1. The topological polar surface area (TPSA) is 59.1 Å². The molecule has 0 saturated carbocycles. The van der Waals surface area contributed by atoms with Crippen molar-refractivity contribution in [2.24, 2.45) is 5.92 Å². The third kappa shape index (κ3) is 6.86. The summed E-state index contributed by atoms with van der Waals surface area (Å²) in [7, 11) is 0. The molecule has 32 heavy (non-hydrogen) atoms. The van der Waals surface area contributed by atoms with E-state index in [1.54, 1.807) is 4.90 Å². The predicted molar refractivity (Wildman–Crippen MR) is 108 cm³/mol. The van der Waals surface area contributed by atoms with E-state index < -0.39 is 13.2 Å². The Hall–Kier alpha value is -2.78. The van der Waals surface area contributed by atoms with Gasteiger partial charge >= 0.3 is 13.2 Å². The van der Waals surface area contributed by atoms with Gasteiger partial charge in [-0.15, -0.1) is 0 Å². The van der Waals surface area contributed by atoms with Crippen LogP contribution in [0, 0.1) is 5.92 Å². The number of carbonyl (C=O) groups excluding carboxylic acids is 2. The van der Waals surface area contributed by atoms with Gasteiger partial charge in [-0.25, -0.2) is 0 Å². The lowest BCUT2D eigenvalue weighted by molar-refractivity contribution is -0.131. The van der Waals surface area contributed by atoms with Gasteiger partial charge < -0.3 is 19.3 Å². The number of piperidine rings is 1. The molecule has 0 unspecified atom stereocenters. The summed E-state index contributed by atoms with van der Waals surface area (Å²) in [5.41, 5.74) is 0.131. The Morgan fingerprint density at radius 1 is 0.969 bits per heavy atom. The minimum atomic E-state index is -3.16. The number of carbonyl (C=O) groups is 2. The number of hydrogen-bond acceptors (Lipinski definition) is 4. The first-order valence-electron chi connectivity index (χ1n) is 10.6. The lowest BCUT2D eigenvalue weighted by Gasteiger charge is -2.31. The second-order valence-corrected chi connectivity index (χ2v) is 7.85. The van der Waals surface area contributed by atoms with Crippen LogP contribution < -0.4 is 9.47 Å². The van der Waals surface area contributed by atoms with E-state index in [2.05, 4.69) is 9.47 Å². The number of amides is 2. The van der Waals surface area contributed by atoms with Gasteiger partial charge in [0.2, 0.25) is 11.8 Å². The summed E-state index contributed by atoms with van der Waals surface area (Å²) < 4.78 is 58.6. The Kier molecular flexibility index (Phi) is 8.35. The van der Waals surface area contributed by atoms with Crippen molar-refractivity contribution >= 4 is 17.9 Å². The molecule has 0 N–H and O–H groups in total. The summed E-state index contributed by atoms with van der Waals surface area (Å²) in [6.45, 7) is -3.61. The smallest absolute Gasteiger partial charge is 0.387 e. The number of ether oxygens (including phenoxy) is 2. The Labute approximate surface area is 183 Å². The maximum absolute atomic E-state index is 12.7. The molecule has 3 rings (SSSR count). The van der Waals surface area contributed by atoms with Crippen molar-refractivity contribution in [2.45, 2.75) is 45.3 Å². The first kappa shape index (κ1) is 23.9. The van der Waals surface area contributed by atoms with Crippen molar-refractivity contribution < 1.29 is 36.6 Å². The first-order valence-corrected chi connectivity index (χ1v) is 10.6. The maximum Gasteiger partial charge on any atom is 0.387 e. The van der Waals surface area contributed by atoms with Crippen LogP contribution >= 0.6 is 0 Å². The summed E-state index contributed by atoms with van der Waals surface area (Å²) in [5.74, 6) is -0.584. The third-order valence-corrected chi connectivity index (χ3v) is 5.68. The molecule has 0 radical (unpaired) electrons. The summed E-state index contributed by atoms with van der Waals surface area (Å²) in [6, 6.07) is 3.36. The average molecular weight is 458 g/mol. The number of alkyl halides is 4. The highest BCUT2D eigenvalue weighted by molar-refractivity contribution is 5.92. The largest absolute Gasteiger partial charge is 0.435 e. The Balaban J connectivity index is 1.55. The van der Waals surface area contributed by atoms with Crippen molar-refractivity contribution in [3.8, 4) is 11.5 Å². The molecule has 0 atom stereocenters. The monoisotopic (exact) mass is 458 g/mol. The molecular weight excluding hydrogens is 432 g/mol. The molecule has 2 fully saturated rings. The van der Waals surface area contributed by atoms with Gasteiger partial charge in [-0.2, -0.15) is 17.6 Å². The van der Waals surface area contributed by atoms with Gasteiger partial charge in [0.1, 0.15) is 11.5 Å². The number of likely N-dealkylation sites (tertiary alicyclic amines) is 2. The number of halogens is 4. The van der Waals surface area contributed by atoms with Crippen LogP contribution in [0.4, 0.5) is 17.6 Å². The lowest BCUT2D eigenvalue weighted by atomic mass is 9.93. The molecule has 2 amide bonds. The van der Waals surface area contributed by atoms with E-state index >= 15 is 0 Å². The van der Waals surface area contributed by atoms with Crippen LogP contribution in [-0.4, -0.2) is 61.0 Å². The van der Waals surface area contributed by atoms with Crippen LogP contribution in [0.15, 0.2) is 24.3 Å². The van der Waals surface area contributed by atoms with Gasteiger partial charge in [0.15, 0.2) is 0 Å². The molecule has 10 heteroatoms. The summed E-state index contributed by atoms with van der Waals surface area (Å²) in [6.07, 6.45) is 6.58. The molecule has 0 spiro atoms. The van der Waals surface area contributed by atoms with Gasteiger partial charge in [-0.3, -0.25) is 9.59 Å². The lowest BCUT2D eigenvalue weighted by Crippen LogP contribution is -2.39. The van der Waals surface area contributed by atoms with Crippen molar-refractivity contribution in [3.05, 3.63) is 29.8 Å². The van der Waals surface area contributed by atoms with Crippen LogP contribution in [0.2, 0.25) is 0 Å². The standard InChI is InChI=1S/C22H26F4N2O4/c23-21(24)31-17-5-3-16(18(14-17)32-22(25)26)4-6-19(29)28-11-7-15(8-12-28)13-20(30)27-9-1-2-10-27/h3-6,14-15,21-22H,1-2,7-13H2/b6-4+. The van der Waals surface area contributed by atoms with Crippen molar-refractivity contribution in [3.63, 3.8) is 0 Å². The minimum absolute atomic E-state index is 0.131. The maximum atomic E-state index is 12.7. The highest BCUT2D eigenvalue weighted by Gasteiger charge is 2.26. The Bertz CT molecular complexity index is 820. The SMILES string of the molecule is O=C(/C=C/c1ccc(OC(F)F)cc1OC(F)F)N1CCC(CC(=O)N2CCCC2)CC1. The van der Waals surface area contributed by atoms with E-state index in [0.29, 0.717) is 19.5 Å². The Morgan fingerprint density at radius 2 is 1.62 bits per heavy atom. The zero-order valence-corrected chi connectivity index (χ0v) is 17.5. The molecule has 176 valence electrons. The Morgan fingerprint density at radius 3 is 2.25 bits per heavy atom. The van der Waals surface area contributed by atoms with Crippen molar-refractivity contribution in [1.29, 1.82) is 0 Å². The molecule has 1 aromatic carbocycles. The molecule has 0 aromatic heterocycles. The van der Waals surface area contributed by atoms with Crippen molar-refractivity contribution in [2.75, 3.05) is 26.2 Å². The molecule has 6 nitrogen and oxygen atoms in total. The van der Waals surface area contributed by atoms with E-state index in [1.807, 2.05) is 4.90 Å². The normalized spacial score (nSPS) is 17.6. The number of hydrogen-bond donors (Lipinski definition) is 0. The average Bonchev–Trinajstić information content (AvgIpc) is 3.28. The van der Waals surface area contributed by atoms with Gasteiger partial charge in [0.05, 0.1) is 0 Å².